The number of aliphatic hydroxyl groups excluding tert-OH is 1. The molecule has 1 aromatic rings. The molecule has 2 N–H and O–H groups in total. The SMILES string of the molecule is C=C1CN=C(Cc2ccc(C(=O)N3CCC(O)C3)cc2)N1.C=CCC.CC. The summed E-state index contributed by atoms with van der Waals surface area (Å²) >= 11 is 0. The number of allylic oxidation sites excluding steroid dienone is 1. The van der Waals surface area contributed by atoms with E-state index in [2.05, 4.69) is 30.4 Å². The molecule has 2 aliphatic rings. The minimum absolute atomic E-state index is 0.0113. The first kappa shape index (κ1) is 22.6. The first-order chi connectivity index (χ1) is 13.0. The summed E-state index contributed by atoms with van der Waals surface area (Å²) in [4.78, 5) is 18.3. The Kier molecular flexibility index (Phi) is 10.1. The zero-order chi connectivity index (χ0) is 20.2. The second-order valence-corrected chi connectivity index (χ2v) is 6.26. The Morgan fingerprint density at radius 1 is 1.37 bits per heavy atom. The summed E-state index contributed by atoms with van der Waals surface area (Å²) in [6.07, 6.45) is 3.96. The molecule has 5 heteroatoms. The number of aliphatic imine (C=N–C) groups is 1. The molecule has 1 fully saturated rings. The van der Waals surface area contributed by atoms with Gasteiger partial charge in [0.1, 0.15) is 5.84 Å². The topological polar surface area (TPSA) is 64.9 Å². The third-order valence-electron chi connectivity index (χ3n) is 4.09. The predicted octanol–water partition coefficient (Wildman–Crippen LogP) is 3.56. The molecule has 148 valence electrons. The van der Waals surface area contributed by atoms with Gasteiger partial charge in [-0.3, -0.25) is 9.79 Å². The maximum atomic E-state index is 12.3. The summed E-state index contributed by atoms with van der Waals surface area (Å²) in [6.45, 7) is 15.1. The van der Waals surface area contributed by atoms with E-state index in [1.165, 1.54) is 0 Å². The average Bonchev–Trinajstić information content (AvgIpc) is 3.32. The maximum absolute atomic E-state index is 12.3. The second-order valence-electron chi connectivity index (χ2n) is 6.26. The van der Waals surface area contributed by atoms with Gasteiger partial charge in [-0.05, 0) is 30.5 Å². The highest BCUT2D eigenvalue weighted by atomic mass is 16.3. The number of likely N-dealkylation sites (tertiary alicyclic amines) is 1. The molecular formula is C22H33N3O2. The van der Waals surface area contributed by atoms with Crippen LogP contribution in [0.15, 0.2) is 54.2 Å². The van der Waals surface area contributed by atoms with Crippen LogP contribution in [-0.4, -0.2) is 47.5 Å². The standard InChI is InChI=1S/C16H19N3O2.C4H8.C2H6/c1-11-9-17-15(18-11)8-12-2-4-13(5-3-12)16(21)19-7-6-14(20)10-19;1-3-4-2;1-2/h2-5,14,20H,1,6-10H2,(H,17,18);3H,1,4H2,2H3;1-2H3. The highest BCUT2D eigenvalue weighted by Crippen LogP contribution is 2.15. The van der Waals surface area contributed by atoms with Crippen LogP contribution in [0.5, 0.6) is 0 Å². The van der Waals surface area contributed by atoms with Crippen LogP contribution in [0.2, 0.25) is 0 Å². The van der Waals surface area contributed by atoms with Gasteiger partial charge in [-0.1, -0.05) is 45.6 Å². The fourth-order valence-electron chi connectivity index (χ4n) is 2.64. The van der Waals surface area contributed by atoms with Crippen molar-refractivity contribution in [1.82, 2.24) is 10.2 Å². The van der Waals surface area contributed by atoms with Crippen molar-refractivity contribution in [2.24, 2.45) is 4.99 Å². The minimum atomic E-state index is -0.382. The Labute approximate surface area is 163 Å². The van der Waals surface area contributed by atoms with Gasteiger partial charge in [0.05, 0.1) is 12.6 Å². The fourth-order valence-corrected chi connectivity index (χ4v) is 2.64. The van der Waals surface area contributed by atoms with Crippen molar-refractivity contribution >= 4 is 11.7 Å². The number of carbonyl (C=O) groups is 1. The van der Waals surface area contributed by atoms with Gasteiger partial charge < -0.3 is 15.3 Å². The lowest BCUT2D eigenvalue weighted by atomic mass is 10.1. The number of β-amino-alcohol motifs (C(OH)–C–C–N with tert-alkyl or cyclic N) is 1. The number of nitrogens with zero attached hydrogens (tertiary/aromatic N) is 2. The van der Waals surface area contributed by atoms with E-state index in [-0.39, 0.29) is 12.0 Å². The van der Waals surface area contributed by atoms with Crippen LogP contribution >= 0.6 is 0 Å². The van der Waals surface area contributed by atoms with Gasteiger partial charge in [0, 0.05) is 30.8 Å². The number of hydrogen-bond acceptors (Lipinski definition) is 4. The molecule has 27 heavy (non-hydrogen) atoms. The minimum Gasteiger partial charge on any atom is -0.391 e. The summed E-state index contributed by atoms with van der Waals surface area (Å²) in [7, 11) is 0. The van der Waals surface area contributed by atoms with Gasteiger partial charge in [0.25, 0.3) is 5.91 Å². The summed E-state index contributed by atoms with van der Waals surface area (Å²) in [6, 6.07) is 7.58. The van der Waals surface area contributed by atoms with E-state index in [0.29, 0.717) is 31.6 Å². The van der Waals surface area contributed by atoms with Crippen molar-refractivity contribution < 1.29 is 9.90 Å². The number of rotatable bonds is 4. The van der Waals surface area contributed by atoms with Crippen LogP contribution in [0.4, 0.5) is 0 Å². The molecule has 3 rings (SSSR count). The van der Waals surface area contributed by atoms with Gasteiger partial charge in [-0.15, -0.1) is 6.58 Å². The van der Waals surface area contributed by atoms with E-state index in [1.807, 2.05) is 44.2 Å². The Morgan fingerprint density at radius 2 is 2.00 bits per heavy atom. The number of amides is 1. The molecule has 1 aromatic carbocycles. The lowest BCUT2D eigenvalue weighted by Crippen LogP contribution is -2.29. The number of benzene rings is 1. The smallest absolute Gasteiger partial charge is 0.253 e. The number of nitrogens with one attached hydrogen (secondary N) is 1. The maximum Gasteiger partial charge on any atom is 0.253 e. The molecule has 1 atom stereocenters. The van der Waals surface area contributed by atoms with Crippen LogP contribution in [0.25, 0.3) is 0 Å². The van der Waals surface area contributed by atoms with Gasteiger partial charge in [-0.2, -0.15) is 0 Å². The highest BCUT2D eigenvalue weighted by molar-refractivity contribution is 5.94. The highest BCUT2D eigenvalue weighted by Gasteiger charge is 2.25. The van der Waals surface area contributed by atoms with Gasteiger partial charge in [0.15, 0.2) is 0 Å². The lowest BCUT2D eigenvalue weighted by molar-refractivity contribution is 0.0765. The van der Waals surface area contributed by atoms with Gasteiger partial charge in [0.2, 0.25) is 0 Å². The average molecular weight is 372 g/mol. The third kappa shape index (κ3) is 7.39. The summed E-state index contributed by atoms with van der Waals surface area (Å²) in [5.74, 6) is 0.907. The fraction of sp³-hybridized carbons (Fsp3) is 0.455. The number of hydrogen-bond donors (Lipinski definition) is 2. The first-order valence-corrected chi connectivity index (χ1v) is 9.68. The van der Waals surface area contributed by atoms with E-state index in [9.17, 15) is 9.90 Å². The van der Waals surface area contributed by atoms with Crippen molar-refractivity contribution in [2.75, 3.05) is 19.6 Å². The molecule has 5 nitrogen and oxygen atoms in total. The third-order valence-corrected chi connectivity index (χ3v) is 4.09. The second kappa shape index (κ2) is 12.1. The monoisotopic (exact) mass is 371 g/mol. The van der Waals surface area contributed by atoms with Crippen molar-refractivity contribution in [1.29, 1.82) is 0 Å². The molecule has 0 saturated carbocycles. The lowest BCUT2D eigenvalue weighted by Gasteiger charge is -2.15. The van der Waals surface area contributed by atoms with Crippen molar-refractivity contribution in [3.05, 3.63) is 60.3 Å². The summed E-state index contributed by atoms with van der Waals surface area (Å²) < 4.78 is 0. The van der Waals surface area contributed by atoms with Crippen molar-refractivity contribution in [3.8, 4) is 0 Å². The molecule has 1 amide bonds. The molecule has 1 unspecified atom stereocenters. The van der Waals surface area contributed by atoms with Crippen LogP contribution in [0.3, 0.4) is 0 Å². The quantitative estimate of drug-likeness (QED) is 0.796. The Bertz CT molecular complexity index is 650. The van der Waals surface area contributed by atoms with E-state index < -0.39 is 0 Å². The normalized spacial score (nSPS) is 17.8. The van der Waals surface area contributed by atoms with E-state index in [4.69, 9.17) is 0 Å². The van der Waals surface area contributed by atoms with Crippen LogP contribution in [0.1, 0.15) is 49.5 Å². The summed E-state index contributed by atoms with van der Waals surface area (Å²) in [5.41, 5.74) is 2.69. The molecular weight excluding hydrogens is 338 g/mol. The van der Waals surface area contributed by atoms with Crippen LogP contribution in [0, 0.1) is 0 Å². The molecule has 0 spiro atoms. The Morgan fingerprint density at radius 3 is 2.44 bits per heavy atom. The Balaban J connectivity index is 0.000000541. The van der Waals surface area contributed by atoms with Crippen molar-refractivity contribution in [2.45, 2.75) is 46.1 Å². The molecule has 0 radical (unpaired) electrons. The Hall–Kier alpha value is -2.40. The van der Waals surface area contributed by atoms with Crippen LogP contribution in [-0.2, 0) is 6.42 Å². The summed E-state index contributed by atoms with van der Waals surface area (Å²) in [5, 5.41) is 12.6. The van der Waals surface area contributed by atoms with Crippen molar-refractivity contribution in [3.63, 3.8) is 0 Å². The zero-order valence-electron chi connectivity index (χ0n) is 16.9. The predicted molar refractivity (Wildman–Crippen MR) is 113 cm³/mol. The van der Waals surface area contributed by atoms with Gasteiger partial charge in [-0.25, -0.2) is 0 Å². The molecule has 0 bridgehead atoms. The molecule has 0 aromatic heterocycles. The van der Waals surface area contributed by atoms with E-state index in [0.717, 1.165) is 29.9 Å². The van der Waals surface area contributed by atoms with E-state index >= 15 is 0 Å². The number of aliphatic hydroxyl groups is 1. The molecule has 2 heterocycles. The zero-order valence-corrected chi connectivity index (χ0v) is 16.9. The molecule has 2 aliphatic heterocycles. The van der Waals surface area contributed by atoms with Crippen LogP contribution < -0.4 is 5.32 Å². The number of carbonyl (C=O) groups excluding carboxylic acids is 1. The molecule has 1 saturated heterocycles. The number of amidine groups is 1. The largest absolute Gasteiger partial charge is 0.391 e. The van der Waals surface area contributed by atoms with Gasteiger partial charge >= 0.3 is 0 Å². The van der Waals surface area contributed by atoms with E-state index in [1.54, 1.807) is 4.90 Å². The molecule has 0 aliphatic carbocycles. The first-order valence-electron chi connectivity index (χ1n) is 9.68.